The molecule has 2 aromatic rings. The molecule has 2 amide bonds. The Morgan fingerprint density at radius 1 is 1.21 bits per heavy atom. The molecule has 2 N–H and O–H groups in total. The molecule has 24 heavy (non-hydrogen) atoms. The quantitative estimate of drug-likeness (QED) is 0.893. The van der Waals surface area contributed by atoms with Gasteiger partial charge in [0.1, 0.15) is 5.75 Å². The van der Waals surface area contributed by atoms with Crippen LogP contribution in [0, 0.1) is 0 Å². The minimum atomic E-state index is -0.910. The monoisotopic (exact) mass is 344 g/mol. The van der Waals surface area contributed by atoms with Gasteiger partial charge in [-0.1, -0.05) is 23.7 Å². The molecule has 124 valence electrons. The highest BCUT2D eigenvalue weighted by molar-refractivity contribution is 6.30. The molecule has 0 spiro atoms. The summed E-state index contributed by atoms with van der Waals surface area (Å²) in [5.74, 6) is 0.204. The lowest BCUT2D eigenvalue weighted by molar-refractivity contribution is -0.129. The Bertz CT molecular complexity index is 800. The average Bonchev–Trinajstić information content (AvgIpc) is 2.51. The molecule has 5 nitrogen and oxygen atoms in total. The van der Waals surface area contributed by atoms with Crippen molar-refractivity contribution >= 4 is 34.8 Å². The van der Waals surface area contributed by atoms with E-state index in [1.54, 1.807) is 44.2 Å². The predicted molar refractivity (Wildman–Crippen MR) is 93.6 cm³/mol. The van der Waals surface area contributed by atoms with E-state index in [1.165, 1.54) is 0 Å². The number of carbonyl (C=O) groups excluding carboxylic acids is 2. The van der Waals surface area contributed by atoms with Gasteiger partial charge >= 0.3 is 0 Å². The zero-order chi connectivity index (χ0) is 17.3. The summed E-state index contributed by atoms with van der Waals surface area (Å²) >= 11 is 5.83. The number of hydrogen-bond donors (Lipinski definition) is 2. The molecule has 0 aliphatic carbocycles. The van der Waals surface area contributed by atoms with Crippen LogP contribution in [0.15, 0.2) is 42.5 Å². The Hall–Kier alpha value is -2.53. The average molecular weight is 345 g/mol. The van der Waals surface area contributed by atoms with E-state index in [9.17, 15) is 9.59 Å². The SMILES string of the molecule is CC1(C)Oc2ccc(NC(=O)Cc3ccc(Cl)cc3)cc2NC1=O. The molecular formula is C18H17ClN2O3. The second-order valence-electron chi connectivity index (χ2n) is 6.13. The number of halogens is 1. The summed E-state index contributed by atoms with van der Waals surface area (Å²) in [6.07, 6.45) is 0.240. The van der Waals surface area contributed by atoms with Gasteiger partial charge in [0, 0.05) is 10.7 Å². The molecule has 0 aromatic heterocycles. The maximum atomic E-state index is 12.1. The van der Waals surface area contributed by atoms with Gasteiger partial charge in [0.25, 0.3) is 5.91 Å². The van der Waals surface area contributed by atoms with Crippen LogP contribution in [0.3, 0.4) is 0 Å². The molecule has 0 radical (unpaired) electrons. The lowest BCUT2D eigenvalue weighted by atomic mass is 10.1. The third-order valence-electron chi connectivity index (χ3n) is 3.70. The third kappa shape index (κ3) is 3.51. The topological polar surface area (TPSA) is 67.4 Å². The van der Waals surface area contributed by atoms with Crippen molar-refractivity contribution in [3.63, 3.8) is 0 Å². The van der Waals surface area contributed by atoms with Gasteiger partial charge in [-0.05, 0) is 49.7 Å². The number of fused-ring (bicyclic) bond motifs is 1. The summed E-state index contributed by atoms with van der Waals surface area (Å²) < 4.78 is 5.66. The van der Waals surface area contributed by atoms with Crippen LogP contribution in [0.4, 0.5) is 11.4 Å². The first-order chi connectivity index (χ1) is 11.3. The second kappa shape index (κ2) is 6.17. The Labute approximate surface area is 145 Å². The second-order valence-corrected chi connectivity index (χ2v) is 6.57. The van der Waals surface area contributed by atoms with Crippen molar-refractivity contribution < 1.29 is 14.3 Å². The van der Waals surface area contributed by atoms with Crippen LogP contribution in [-0.2, 0) is 16.0 Å². The molecule has 6 heteroatoms. The van der Waals surface area contributed by atoms with Crippen LogP contribution in [-0.4, -0.2) is 17.4 Å². The van der Waals surface area contributed by atoms with Gasteiger partial charge in [-0.2, -0.15) is 0 Å². The summed E-state index contributed by atoms with van der Waals surface area (Å²) in [5.41, 5.74) is 1.10. The molecule has 0 fully saturated rings. The molecule has 0 atom stereocenters. The molecule has 1 aliphatic heterocycles. The van der Waals surface area contributed by atoms with Gasteiger partial charge in [0.15, 0.2) is 5.60 Å². The highest BCUT2D eigenvalue weighted by Crippen LogP contribution is 2.35. The number of carbonyl (C=O) groups is 2. The zero-order valence-electron chi connectivity index (χ0n) is 13.4. The largest absolute Gasteiger partial charge is 0.476 e. The van der Waals surface area contributed by atoms with Crippen molar-refractivity contribution in [3.8, 4) is 5.75 Å². The predicted octanol–water partition coefficient (Wildman–Crippen LogP) is 3.63. The molecule has 1 aliphatic rings. The van der Waals surface area contributed by atoms with Crippen molar-refractivity contribution in [2.45, 2.75) is 25.9 Å². The van der Waals surface area contributed by atoms with Gasteiger partial charge in [-0.15, -0.1) is 0 Å². The number of anilines is 2. The van der Waals surface area contributed by atoms with E-state index < -0.39 is 5.60 Å². The highest BCUT2D eigenvalue weighted by Gasteiger charge is 2.35. The van der Waals surface area contributed by atoms with Crippen LogP contribution in [0.5, 0.6) is 5.75 Å². The Kier molecular flexibility index (Phi) is 4.20. The van der Waals surface area contributed by atoms with Gasteiger partial charge in [0.2, 0.25) is 5.91 Å². The maximum absolute atomic E-state index is 12.1. The first-order valence-corrected chi connectivity index (χ1v) is 7.90. The summed E-state index contributed by atoms with van der Waals surface area (Å²) in [7, 11) is 0. The van der Waals surface area contributed by atoms with Crippen LogP contribution < -0.4 is 15.4 Å². The summed E-state index contributed by atoms with van der Waals surface area (Å²) in [6.45, 7) is 3.40. The van der Waals surface area contributed by atoms with Gasteiger partial charge in [-0.3, -0.25) is 9.59 Å². The number of nitrogens with one attached hydrogen (secondary N) is 2. The fraction of sp³-hybridized carbons (Fsp3) is 0.222. The van der Waals surface area contributed by atoms with E-state index in [0.717, 1.165) is 5.56 Å². The fourth-order valence-electron chi connectivity index (χ4n) is 2.38. The number of hydrogen-bond acceptors (Lipinski definition) is 3. The Morgan fingerprint density at radius 2 is 1.92 bits per heavy atom. The number of ether oxygens (including phenoxy) is 1. The van der Waals surface area contributed by atoms with E-state index in [4.69, 9.17) is 16.3 Å². The molecular weight excluding hydrogens is 328 g/mol. The summed E-state index contributed by atoms with van der Waals surface area (Å²) in [5, 5.41) is 6.23. The van der Waals surface area contributed by atoms with E-state index >= 15 is 0 Å². The van der Waals surface area contributed by atoms with Crippen molar-refractivity contribution in [1.29, 1.82) is 0 Å². The van der Waals surface area contributed by atoms with Gasteiger partial charge in [0.05, 0.1) is 12.1 Å². The standard InChI is InChI=1S/C18H17ClN2O3/c1-18(2)17(23)21-14-10-13(7-8-15(14)24-18)20-16(22)9-11-3-5-12(19)6-4-11/h3-8,10H,9H2,1-2H3,(H,20,22)(H,21,23). The highest BCUT2D eigenvalue weighted by atomic mass is 35.5. The Morgan fingerprint density at radius 3 is 2.62 bits per heavy atom. The van der Waals surface area contributed by atoms with Crippen molar-refractivity contribution in [3.05, 3.63) is 53.1 Å². The molecule has 0 unspecified atom stereocenters. The lowest BCUT2D eigenvalue weighted by Gasteiger charge is -2.31. The molecule has 0 saturated carbocycles. The minimum absolute atomic E-state index is 0.152. The summed E-state index contributed by atoms with van der Waals surface area (Å²) in [6, 6.07) is 12.3. The first-order valence-electron chi connectivity index (χ1n) is 7.52. The smallest absolute Gasteiger partial charge is 0.268 e. The number of amides is 2. The van der Waals surface area contributed by atoms with Crippen molar-refractivity contribution in [2.24, 2.45) is 0 Å². The summed E-state index contributed by atoms with van der Waals surface area (Å²) in [4.78, 5) is 24.1. The number of benzene rings is 2. The van der Waals surface area contributed by atoms with Gasteiger partial charge in [-0.25, -0.2) is 0 Å². The van der Waals surface area contributed by atoms with Crippen LogP contribution >= 0.6 is 11.6 Å². The van der Waals surface area contributed by atoms with E-state index in [2.05, 4.69) is 10.6 Å². The van der Waals surface area contributed by atoms with Crippen LogP contribution in [0.2, 0.25) is 5.02 Å². The molecule has 1 heterocycles. The fourth-order valence-corrected chi connectivity index (χ4v) is 2.51. The van der Waals surface area contributed by atoms with Gasteiger partial charge < -0.3 is 15.4 Å². The maximum Gasteiger partial charge on any atom is 0.268 e. The lowest BCUT2D eigenvalue weighted by Crippen LogP contribution is -2.45. The zero-order valence-corrected chi connectivity index (χ0v) is 14.1. The van der Waals surface area contributed by atoms with E-state index in [-0.39, 0.29) is 18.2 Å². The normalized spacial score (nSPS) is 15.0. The molecule has 2 aromatic carbocycles. The first kappa shape index (κ1) is 16.3. The van der Waals surface area contributed by atoms with Crippen molar-refractivity contribution in [2.75, 3.05) is 10.6 Å². The molecule has 0 bridgehead atoms. The molecule has 3 rings (SSSR count). The third-order valence-corrected chi connectivity index (χ3v) is 3.95. The number of rotatable bonds is 3. The van der Waals surface area contributed by atoms with Crippen molar-refractivity contribution in [1.82, 2.24) is 0 Å². The van der Waals surface area contributed by atoms with E-state index in [1.807, 2.05) is 12.1 Å². The molecule has 0 saturated heterocycles. The Balaban J connectivity index is 1.70. The minimum Gasteiger partial charge on any atom is -0.476 e. The van der Waals surface area contributed by atoms with Crippen LogP contribution in [0.1, 0.15) is 19.4 Å². The van der Waals surface area contributed by atoms with E-state index in [0.29, 0.717) is 22.1 Å². The van der Waals surface area contributed by atoms with Crippen LogP contribution in [0.25, 0.3) is 0 Å².